The molecule has 1 N–H and O–H groups in total. The van der Waals surface area contributed by atoms with E-state index >= 15 is 0 Å². The zero-order valence-corrected chi connectivity index (χ0v) is 14.7. The van der Waals surface area contributed by atoms with E-state index in [4.69, 9.17) is 16.6 Å². The molecule has 7 heteroatoms. The molecule has 0 radical (unpaired) electrons. The molecule has 4 rings (SSSR count). The summed E-state index contributed by atoms with van der Waals surface area (Å²) < 4.78 is 3.65. The van der Waals surface area contributed by atoms with E-state index in [0.717, 1.165) is 39.5 Å². The Hall–Kier alpha value is -2.60. The summed E-state index contributed by atoms with van der Waals surface area (Å²) in [5.74, 6) is 0.749. The Kier molecular flexibility index (Phi) is 3.25. The van der Waals surface area contributed by atoms with Gasteiger partial charge in [-0.25, -0.2) is 9.50 Å². The fourth-order valence-corrected chi connectivity index (χ4v) is 3.11. The number of benzene rings is 1. The van der Waals surface area contributed by atoms with Gasteiger partial charge in [-0.15, -0.1) is 0 Å². The van der Waals surface area contributed by atoms with E-state index in [2.05, 4.69) is 15.5 Å². The average molecular weight is 341 g/mol. The van der Waals surface area contributed by atoms with Crippen molar-refractivity contribution in [3.05, 3.63) is 46.4 Å². The van der Waals surface area contributed by atoms with Crippen LogP contribution in [0.4, 0.5) is 11.5 Å². The molecule has 0 aliphatic heterocycles. The number of hydrogen-bond acceptors (Lipinski definition) is 4. The summed E-state index contributed by atoms with van der Waals surface area (Å²) in [6, 6.07) is 8.01. The monoisotopic (exact) mass is 340 g/mol. The first-order valence-electron chi connectivity index (χ1n) is 7.68. The SMILES string of the molecule is Cc1nn(C)c(C)c1Nc1nc2c(Cl)c(C)nn2c2ccccc12. The van der Waals surface area contributed by atoms with Gasteiger partial charge in [0.15, 0.2) is 5.65 Å². The van der Waals surface area contributed by atoms with Crippen LogP contribution in [0.5, 0.6) is 0 Å². The second kappa shape index (κ2) is 5.21. The van der Waals surface area contributed by atoms with Crippen molar-refractivity contribution in [3.63, 3.8) is 0 Å². The van der Waals surface area contributed by atoms with Crippen molar-refractivity contribution >= 4 is 39.7 Å². The molecule has 24 heavy (non-hydrogen) atoms. The zero-order chi connectivity index (χ0) is 17.0. The lowest BCUT2D eigenvalue weighted by molar-refractivity contribution is 0.731. The van der Waals surface area contributed by atoms with Gasteiger partial charge in [0.2, 0.25) is 0 Å². The number of halogens is 1. The van der Waals surface area contributed by atoms with E-state index in [1.54, 1.807) is 4.52 Å². The average Bonchev–Trinajstić information content (AvgIpc) is 2.99. The highest BCUT2D eigenvalue weighted by Crippen LogP contribution is 2.31. The van der Waals surface area contributed by atoms with Gasteiger partial charge in [-0.05, 0) is 32.9 Å². The molecule has 0 aliphatic rings. The Labute approximate surface area is 144 Å². The molecule has 122 valence electrons. The summed E-state index contributed by atoms with van der Waals surface area (Å²) in [6.45, 7) is 5.89. The topological polar surface area (TPSA) is 60.0 Å². The Bertz CT molecular complexity index is 1090. The quantitative estimate of drug-likeness (QED) is 0.600. The maximum absolute atomic E-state index is 6.39. The van der Waals surface area contributed by atoms with E-state index in [1.807, 2.05) is 56.8 Å². The minimum Gasteiger partial charge on any atom is -0.337 e. The van der Waals surface area contributed by atoms with Gasteiger partial charge in [-0.1, -0.05) is 23.7 Å². The number of para-hydroxylation sites is 1. The van der Waals surface area contributed by atoms with Crippen molar-refractivity contribution in [2.24, 2.45) is 7.05 Å². The lowest BCUT2D eigenvalue weighted by Crippen LogP contribution is -2.02. The number of nitrogens with one attached hydrogen (secondary N) is 1. The molecule has 1 aromatic carbocycles. The number of hydrogen-bond donors (Lipinski definition) is 1. The molecule has 4 aromatic rings. The summed E-state index contributed by atoms with van der Waals surface area (Å²) in [4.78, 5) is 4.73. The van der Waals surface area contributed by atoms with Crippen molar-refractivity contribution in [1.82, 2.24) is 24.4 Å². The van der Waals surface area contributed by atoms with E-state index in [9.17, 15) is 0 Å². The number of aryl methyl sites for hydroxylation is 3. The molecule has 6 nitrogen and oxygen atoms in total. The lowest BCUT2D eigenvalue weighted by atomic mass is 10.2. The molecular weight excluding hydrogens is 324 g/mol. The molecule has 0 saturated carbocycles. The third-order valence-electron chi connectivity index (χ3n) is 4.32. The van der Waals surface area contributed by atoms with Gasteiger partial charge in [0, 0.05) is 12.4 Å². The largest absolute Gasteiger partial charge is 0.337 e. The van der Waals surface area contributed by atoms with Gasteiger partial charge in [-0.3, -0.25) is 4.68 Å². The fraction of sp³-hybridized carbons (Fsp3) is 0.235. The molecule has 0 spiro atoms. The minimum atomic E-state index is 0.573. The molecular formula is C17H17ClN6. The predicted octanol–water partition coefficient (Wildman–Crippen LogP) is 3.94. The molecule has 3 aromatic heterocycles. The van der Waals surface area contributed by atoms with Crippen LogP contribution in [0.1, 0.15) is 17.1 Å². The molecule has 0 amide bonds. The zero-order valence-electron chi connectivity index (χ0n) is 13.9. The van der Waals surface area contributed by atoms with Gasteiger partial charge in [0.25, 0.3) is 0 Å². The highest BCUT2D eigenvalue weighted by atomic mass is 35.5. The minimum absolute atomic E-state index is 0.573. The second-order valence-corrected chi connectivity index (χ2v) is 6.28. The fourth-order valence-electron chi connectivity index (χ4n) is 2.95. The summed E-state index contributed by atoms with van der Waals surface area (Å²) >= 11 is 6.39. The normalized spacial score (nSPS) is 11.5. The van der Waals surface area contributed by atoms with Gasteiger partial charge in [0.05, 0.1) is 28.3 Å². The van der Waals surface area contributed by atoms with Crippen LogP contribution in [0.15, 0.2) is 24.3 Å². The highest BCUT2D eigenvalue weighted by Gasteiger charge is 2.17. The predicted molar refractivity (Wildman–Crippen MR) is 96.2 cm³/mol. The maximum Gasteiger partial charge on any atom is 0.176 e. The van der Waals surface area contributed by atoms with Crippen molar-refractivity contribution in [3.8, 4) is 0 Å². The first-order valence-corrected chi connectivity index (χ1v) is 8.06. The number of nitrogens with zero attached hydrogens (tertiary/aromatic N) is 5. The number of anilines is 2. The molecule has 0 bridgehead atoms. The Balaban J connectivity index is 2.01. The van der Waals surface area contributed by atoms with Crippen LogP contribution < -0.4 is 5.32 Å². The van der Waals surface area contributed by atoms with Crippen LogP contribution in [-0.2, 0) is 7.05 Å². The molecule has 0 unspecified atom stereocenters. The second-order valence-electron chi connectivity index (χ2n) is 5.91. The van der Waals surface area contributed by atoms with E-state index in [1.165, 1.54) is 0 Å². The smallest absolute Gasteiger partial charge is 0.176 e. The molecule has 0 fully saturated rings. The van der Waals surface area contributed by atoms with Crippen LogP contribution in [0, 0.1) is 20.8 Å². The number of rotatable bonds is 2. The van der Waals surface area contributed by atoms with Crippen LogP contribution >= 0.6 is 11.6 Å². The van der Waals surface area contributed by atoms with Crippen LogP contribution in [0.25, 0.3) is 16.6 Å². The Morgan fingerprint density at radius 2 is 1.79 bits per heavy atom. The van der Waals surface area contributed by atoms with Crippen molar-refractivity contribution in [2.75, 3.05) is 5.32 Å². The summed E-state index contributed by atoms with van der Waals surface area (Å²) in [5.41, 5.74) is 5.31. The standard InChI is InChI=1S/C17H17ClN6/c1-9-14(18)17-20-16(19-15-10(2)21-23(4)11(15)3)12-7-5-6-8-13(12)24(17)22-9/h5-8H,1-4H3,(H,19,20). The summed E-state index contributed by atoms with van der Waals surface area (Å²) in [7, 11) is 1.93. The molecule has 3 heterocycles. The number of fused-ring (bicyclic) bond motifs is 3. The van der Waals surface area contributed by atoms with Crippen LogP contribution in [0.3, 0.4) is 0 Å². The Morgan fingerprint density at radius 1 is 1.04 bits per heavy atom. The van der Waals surface area contributed by atoms with Gasteiger partial charge >= 0.3 is 0 Å². The van der Waals surface area contributed by atoms with Gasteiger partial charge in [-0.2, -0.15) is 10.2 Å². The van der Waals surface area contributed by atoms with Crippen LogP contribution in [0.2, 0.25) is 5.02 Å². The van der Waals surface area contributed by atoms with Crippen LogP contribution in [-0.4, -0.2) is 24.4 Å². The Morgan fingerprint density at radius 3 is 2.50 bits per heavy atom. The third-order valence-corrected chi connectivity index (χ3v) is 4.76. The number of aromatic nitrogens is 5. The van der Waals surface area contributed by atoms with Gasteiger partial charge < -0.3 is 5.32 Å². The summed E-state index contributed by atoms with van der Waals surface area (Å²) in [5, 5.41) is 13.9. The third kappa shape index (κ3) is 2.06. The van der Waals surface area contributed by atoms with Crippen molar-refractivity contribution in [1.29, 1.82) is 0 Å². The van der Waals surface area contributed by atoms with E-state index in [0.29, 0.717) is 10.7 Å². The van der Waals surface area contributed by atoms with Gasteiger partial charge in [0.1, 0.15) is 10.8 Å². The van der Waals surface area contributed by atoms with E-state index < -0.39 is 0 Å². The first-order chi connectivity index (χ1) is 11.5. The van der Waals surface area contributed by atoms with E-state index in [-0.39, 0.29) is 0 Å². The van der Waals surface area contributed by atoms with Crippen molar-refractivity contribution in [2.45, 2.75) is 20.8 Å². The lowest BCUT2D eigenvalue weighted by Gasteiger charge is -2.11. The highest BCUT2D eigenvalue weighted by molar-refractivity contribution is 6.34. The van der Waals surface area contributed by atoms with Crippen molar-refractivity contribution < 1.29 is 0 Å². The molecule has 0 aliphatic carbocycles. The first kappa shape index (κ1) is 15.0. The molecule has 0 saturated heterocycles. The maximum atomic E-state index is 6.39. The summed E-state index contributed by atoms with van der Waals surface area (Å²) in [6.07, 6.45) is 0. The molecule has 0 atom stereocenters.